The van der Waals surface area contributed by atoms with Crippen molar-refractivity contribution in [3.05, 3.63) is 17.8 Å². The van der Waals surface area contributed by atoms with Gasteiger partial charge >= 0.3 is 0 Å². The molecule has 0 saturated carbocycles. The smallest absolute Gasteiger partial charge is 0.149 e. The third kappa shape index (κ3) is 2.65. The van der Waals surface area contributed by atoms with Crippen LogP contribution in [0.25, 0.3) is 0 Å². The van der Waals surface area contributed by atoms with Crippen molar-refractivity contribution in [3.63, 3.8) is 0 Å². The van der Waals surface area contributed by atoms with Crippen LogP contribution in [0.15, 0.2) is 12.1 Å². The molecule has 1 unspecified atom stereocenters. The molecule has 0 radical (unpaired) electrons. The first-order valence-electron chi connectivity index (χ1n) is 6.10. The molecule has 0 saturated heterocycles. The molecule has 1 aliphatic heterocycles. The molecule has 3 nitrogen and oxygen atoms in total. The number of rotatable bonds is 2. The van der Waals surface area contributed by atoms with E-state index >= 15 is 0 Å². The van der Waals surface area contributed by atoms with Crippen molar-refractivity contribution in [2.45, 2.75) is 27.2 Å². The minimum absolute atomic E-state index is 0.689. The number of hydrogen-bond acceptors (Lipinski definition) is 3. The molecule has 16 heavy (non-hydrogen) atoms. The Morgan fingerprint density at radius 3 is 2.81 bits per heavy atom. The van der Waals surface area contributed by atoms with Gasteiger partial charge in [0.25, 0.3) is 0 Å². The third-order valence-corrected chi connectivity index (χ3v) is 2.98. The lowest BCUT2D eigenvalue weighted by Gasteiger charge is -2.16. The van der Waals surface area contributed by atoms with E-state index in [1.165, 1.54) is 6.42 Å². The maximum atomic E-state index is 4.51. The van der Waals surface area contributed by atoms with Gasteiger partial charge in [0.2, 0.25) is 0 Å². The van der Waals surface area contributed by atoms with Gasteiger partial charge in [0.15, 0.2) is 0 Å². The van der Waals surface area contributed by atoms with Crippen molar-refractivity contribution in [3.8, 4) is 0 Å². The number of aromatic nitrogens is 1. The van der Waals surface area contributed by atoms with Gasteiger partial charge in [-0.05, 0) is 37.3 Å². The van der Waals surface area contributed by atoms with Gasteiger partial charge in [-0.2, -0.15) is 0 Å². The van der Waals surface area contributed by atoms with Crippen molar-refractivity contribution in [1.82, 2.24) is 4.98 Å². The highest BCUT2D eigenvalue weighted by Crippen LogP contribution is 2.24. The number of nitrogens with zero attached hydrogens (tertiary/aromatic N) is 1. The molecule has 2 heterocycles. The second kappa shape index (κ2) is 4.73. The van der Waals surface area contributed by atoms with Crippen molar-refractivity contribution in [2.24, 2.45) is 11.8 Å². The zero-order chi connectivity index (χ0) is 11.5. The van der Waals surface area contributed by atoms with Crippen molar-refractivity contribution in [1.29, 1.82) is 0 Å². The second-order valence-electron chi connectivity index (χ2n) is 5.11. The molecule has 0 amide bonds. The Morgan fingerprint density at radius 1 is 1.31 bits per heavy atom. The predicted molar refractivity (Wildman–Crippen MR) is 68.9 cm³/mol. The first-order chi connectivity index (χ1) is 7.65. The summed E-state index contributed by atoms with van der Waals surface area (Å²) >= 11 is 0. The van der Waals surface area contributed by atoms with E-state index in [1.54, 1.807) is 0 Å². The number of anilines is 2. The van der Waals surface area contributed by atoms with Gasteiger partial charge in [0.1, 0.15) is 5.82 Å². The van der Waals surface area contributed by atoms with Crippen LogP contribution in [0.1, 0.15) is 26.0 Å². The number of nitrogens with one attached hydrogen (secondary N) is 2. The summed E-state index contributed by atoms with van der Waals surface area (Å²) in [5.41, 5.74) is 2.20. The largest absolute Gasteiger partial charge is 0.382 e. The summed E-state index contributed by atoms with van der Waals surface area (Å²) < 4.78 is 0. The highest BCUT2D eigenvalue weighted by Gasteiger charge is 2.16. The van der Waals surface area contributed by atoms with Gasteiger partial charge < -0.3 is 10.6 Å². The SMILES string of the molecule is Cc1ccc2c(n1)NCC(CC(C)C)CN2. The highest BCUT2D eigenvalue weighted by molar-refractivity contribution is 5.65. The zero-order valence-corrected chi connectivity index (χ0v) is 10.4. The lowest BCUT2D eigenvalue weighted by molar-refractivity contribution is 0.444. The van der Waals surface area contributed by atoms with Crippen LogP contribution in [0.4, 0.5) is 11.5 Å². The van der Waals surface area contributed by atoms with Crippen LogP contribution in [0.5, 0.6) is 0 Å². The molecular formula is C13H21N3. The molecule has 0 aliphatic carbocycles. The van der Waals surface area contributed by atoms with E-state index in [9.17, 15) is 0 Å². The molecule has 1 atom stereocenters. The number of hydrogen-bond donors (Lipinski definition) is 2. The van der Waals surface area contributed by atoms with Crippen molar-refractivity contribution < 1.29 is 0 Å². The first-order valence-corrected chi connectivity index (χ1v) is 6.10. The van der Waals surface area contributed by atoms with Gasteiger partial charge in [-0.3, -0.25) is 0 Å². The maximum absolute atomic E-state index is 4.51. The second-order valence-corrected chi connectivity index (χ2v) is 5.11. The standard InChI is InChI=1S/C13H21N3/c1-9(2)6-11-7-14-12-5-4-10(3)16-13(12)15-8-11/h4-5,9,11,14H,6-8H2,1-3H3,(H,15,16). The van der Waals surface area contributed by atoms with Gasteiger partial charge in [-0.25, -0.2) is 4.98 Å². The van der Waals surface area contributed by atoms with E-state index in [2.05, 4.69) is 41.6 Å². The van der Waals surface area contributed by atoms with E-state index < -0.39 is 0 Å². The van der Waals surface area contributed by atoms with E-state index in [0.717, 1.165) is 36.2 Å². The normalized spacial score (nSPS) is 19.6. The molecule has 1 aromatic heterocycles. The van der Waals surface area contributed by atoms with Crippen molar-refractivity contribution in [2.75, 3.05) is 23.7 Å². The van der Waals surface area contributed by atoms with E-state index in [4.69, 9.17) is 0 Å². The van der Waals surface area contributed by atoms with E-state index in [1.807, 2.05) is 6.92 Å². The summed E-state index contributed by atoms with van der Waals surface area (Å²) in [6.07, 6.45) is 1.26. The molecular weight excluding hydrogens is 198 g/mol. The summed E-state index contributed by atoms with van der Waals surface area (Å²) in [6.45, 7) is 8.65. The van der Waals surface area contributed by atoms with Crippen LogP contribution >= 0.6 is 0 Å². The van der Waals surface area contributed by atoms with Gasteiger partial charge in [-0.15, -0.1) is 0 Å². The number of fused-ring (bicyclic) bond motifs is 1. The molecule has 0 spiro atoms. The summed E-state index contributed by atoms with van der Waals surface area (Å²) in [5.74, 6) is 2.45. The Morgan fingerprint density at radius 2 is 2.06 bits per heavy atom. The monoisotopic (exact) mass is 219 g/mol. The van der Waals surface area contributed by atoms with Crippen LogP contribution in [-0.4, -0.2) is 18.1 Å². The summed E-state index contributed by atoms with van der Waals surface area (Å²) in [5, 5.41) is 6.93. The predicted octanol–water partition coefficient (Wildman–Crippen LogP) is 2.89. The molecule has 0 aromatic carbocycles. The van der Waals surface area contributed by atoms with Crippen molar-refractivity contribution >= 4 is 11.5 Å². The Kier molecular flexibility index (Phi) is 3.32. The average molecular weight is 219 g/mol. The van der Waals surface area contributed by atoms with Gasteiger partial charge in [-0.1, -0.05) is 13.8 Å². The highest BCUT2D eigenvalue weighted by atomic mass is 15.1. The Labute approximate surface area is 97.7 Å². The number of pyridine rings is 1. The van der Waals surface area contributed by atoms with Gasteiger partial charge in [0.05, 0.1) is 5.69 Å². The molecule has 1 aliphatic rings. The van der Waals surface area contributed by atoms with Crippen LogP contribution < -0.4 is 10.6 Å². The van der Waals surface area contributed by atoms with E-state index in [0.29, 0.717) is 5.92 Å². The molecule has 2 rings (SSSR count). The Bertz CT molecular complexity index is 360. The number of aryl methyl sites for hydroxylation is 1. The molecule has 2 N–H and O–H groups in total. The topological polar surface area (TPSA) is 37.0 Å². The maximum Gasteiger partial charge on any atom is 0.149 e. The average Bonchev–Trinajstić information content (AvgIpc) is 2.40. The molecule has 0 bridgehead atoms. The summed E-state index contributed by atoms with van der Waals surface area (Å²) in [4.78, 5) is 4.51. The van der Waals surface area contributed by atoms with Crippen LogP contribution in [-0.2, 0) is 0 Å². The molecule has 1 aromatic rings. The quantitative estimate of drug-likeness (QED) is 0.803. The third-order valence-electron chi connectivity index (χ3n) is 2.98. The van der Waals surface area contributed by atoms with E-state index in [-0.39, 0.29) is 0 Å². The fourth-order valence-corrected chi connectivity index (χ4v) is 2.23. The molecule has 3 heteroatoms. The summed E-state index contributed by atoms with van der Waals surface area (Å²) in [7, 11) is 0. The summed E-state index contributed by atoms with van der Waals surface area (Å²) in [6, 6.07) is 4.17. The van der Waals surface area contributed by atoms with Gasteiger partial charge in [0, 0.05) is 18.8 Å². The molecule has 0 fully saturated rings. The Hall–Kier alpha value is -1.25. The lowest BCUT2D eigenvalue weighted by atomic mass is 9.97. The minimum atomic E-state index is 0.689. The Balaban J connectivity index is 2.07. The van der Waals surface area contributed by atoms with Crippen LogP contribution in [0, 0.1) is 18.8 Å². The first kappa shape index (κ1) is 11.2. The lowest BCUT2D eigenvalue weighted by Crippen LogP contribution is -2.20. The van der Waals surface area contributed by atoms with Crippen LogP contribution in [0.3, 0.4) is 0 Å². The fourth-order valence-electron chi connectivity index (χ4n) is 2.23. The van der Waals surface area contributed by atoms with Crippen LogP contribution in [0.2, 0.25) is 0 Å². The molecule has 88 valence electrons. The zero-order valence-electron chi connectivity index (χ0n) is 10.4. The minimum Gasteiger partial charge on any atom is -0.382 e. The fraction of sp³-hybridized carbons (Fsp3) is 0.615.